The van der Waals surface area contributed by atoms with Crippen LogP contribution in [0.4, 0.5) is 5.82 Å². The van der Waals surface area contributed by atoms with Crippen LogP contribution < -0.4 is 4.72 Å². The minimum atomic E-state index is -3.85. The van der Waals surface area contributed by atoms with E-state index in [9.17, 15) is 13.2 Å². The molecule has 2 aromatic heterocycles. The average molecular weight is 284 g/mol. The number of nitrogens with zero attached hydrogens (tertiary/aromatic N) is 1. The predicted molar refractivity (Wildman–Crippen MR) is 66.5 cm³/mol. The van der Waals surface area contributed by atoms with Crippen molar-refractivity contribution < 1.29 is 18.3 Å². The van der Waals surface area contributed by atoms with Gasteiger partial charge in [0.25, 0.3) is 10.0 Å². The number of rotatable bonds is 5. The van der Waals surface area contributed by atoms with Crippen LogP contribution in [0.2, 0.25) is 0 Å². The number of aromatic carboxylic acids is 1. The second-order valence-electron chi connectivity index (χ2n) is 3.79. The molecule has 0 atom stereocenters. The van der Waals surface area contributed by atoms with Crippen LogP contribution in [-0.2, 0) is 16.4 Å². The number of carbonyl (C=O) groups is 1. The molecule has 0 aliphatic carbocycles. The van der Waals surface area contributed by atoms with Crippen LogP contribution in [0.15, 0.2) is 23.2 Å². The number of carboxylic acids is 1. The lowest BCUT2D eigenvalue weighted by Crippen LogP contribution is -2.12. The van der Waals surface area contributed by atoms with Gasteiger partial charge in [-0.1, -0.05) is 6.92 Å². The molecule has 0 fully saturated rings. The second kappa shape index (κ2) is 4.76. The van der Waals surface area contributed by atoms with Crippen LogP contribution in [0.1, 0.15) is 23.1 Å². The highest BCUT2D eigenvalue weighted by Crippen LogP contribution is 2.16. The van der Waals surface area contributed by atoms with Gasteiger partial charge in [0.05, 0.1) is 0 Å². The summed E-state index contributed by atoms with van der Waals surface area (Å²) < 4.78 is 26.2. The number of anilines is 1. The van der Waals surface area contributed by atoms with Crippen molar-refractivity contribution in [1.82, 2.24) is 15.2 Å². The summed E-state index contributed by atoms with van der Waals surface area (Å²) >= 11 is 0. The van der Waals surface area contributed by atoms with Gasteiger partial charge in [0.15, 0.2) is 5.82 Å². The average Bonchev–Trinajstić information content (AvgIpc) is 2.95. The molecule has 8 nitrogen and oxygen atoms in total. The third kappa shape index (κ3) is 2.76. The quantitative estimate of drug-likeness (QED) is 0.645. The van der Waals surface area contributed by atoms with Crippen LogP contribution in [-0.4, -0.2) is 34.7 Å². The number of sulfonamides is 1. The predicted octanol–water partition coefficient (Wildman–Crippen LogP) is 0.799. The SMILES string of the molecule is CCc1cc(NS(=O)(=O)c2c[nH]c(C(=O)O)c2)n[nH]1. The molecule has 0 bridgehead atoms. The van der Waals surface area contributed by atoms with Crippen LogP contribution in [0.3, 0.4) is 0 Å². The first kappa shape index (κ1) is 13.1. The summed E-state index contributed by atoms with van der Waals surface area (Å²) in [6.45, 7) is 1.90. The lowest BCUT2D eigenvalue weighted by atomic mass is 10.3. The molecule has 9 heteroatoms. The number of H-pyrrole nitrogens is 2. The van der Waals surface area contributed by atoms with Crippen molar-refractivity contribution in [2.24, 2.45) is 0 Å². The number of aromatic nitrogens is 3. The van der Waals surface area contributed by atoms with Crippen molar-refractivity contribution in [2.75, 3.05) is 4.72 Å². The van der Waals surface area contributed by atoms with Gasteiger partial charge >= 0.3 is 5.97 Å². The Hall–Kier alpha value is -2.29. The van der Waals surface area contributed by atoms with E-state index >= 15 is 0 Å². The van der Waals surface area contributed by atoms with Crippen molar-refractivity contribution >= 4 is 21.8 Å². The Bertz CT molecular complexity index is 701. The van der Waals surface area contributed by atoms with Crippen molar-refractivity contribution in [3.05, 3.63) is 29.7 Å². The number of hydrogen-bond donors (Lipinski definition) is 4. The van der Waals surface area contributed by atoms with E-state index in [1.165, 1.54) is 0 Å². The Labute approximate surface area is 108 Å². The van der Waals surface area contributed by atoms with E-state index < -0.39 is 16.0 Å². The fourth-order valence-electron chi connectivity index (χ4n) is 1.44. The van der Waals surface area contributed by atoms with E-state index in [4.69, 9.17) is 5.11 Å². The number of nitrogens with one attached hydrogen (secondary N) is 3. The third-order valence-corrected chi connectivity index (χ3v) is 3.78. The van der Waals surface area contributed by atoms with Gasteiger partial charge in [-0.25, -0.2) is 13.2 Å². The zero-order valence-electron chi connectivity index (χ0n) is 9.97. The zero-order chi connectivity index (χ0) is 14.0. The molecule has 0 aliphatic heterocycles. The maximum Gasteiger partial charge on any atom is 0.352 e. The fraction of sp³-hybridized carbons (Fsp3) is 0.200. The summed E-state index contributed by atoms with van der Waals surface area (Å²) in [6.07, 6.45) is 1.81. The van der Waals surface area contributed by atoms with Crippen LogP contribution in [0, 0.1) is 0 Å². The highest BCUT2D eigenvalue weighted by molar-refractivity contribution is 7.92. The van der Waals surface area contributed by atoms with E-state index in [-0.39, 0.29) is 16.4 Å². The summed E-state index contributed by atoms with van der Waals surface area (Å²) in [4.78, 5) is 12.9. The van der Waals surface area contributed by atoms with Crippen molar-refractivity contribution in [1.29, 1.82) is 0 Å². The molecule has 102 valence electrons. The fourth-order valence-corrected chi connectivity index (χ4v) is 2.43. The van der Waals surface area contributed by atoms with Crippen molar-refractivity contribution in [3.8, 4) is 0 Å². The molecule has 0 aliphatic rings. The first-order valence-electron chi connectivity index (χ1n) is 5.41. The van der Waals surface area contributed by atoms with Gasteiger partial charge in [0, 0.05) is 18.0 Å². The summed E-state index contributed by atoms with van der Waals surface area (Å²) in [6, 6.07) is 2.61. The van der Waals surface area contributed by atoms with E-state index in [0.29, 0.717) is 6.42 Å². The van der Waals surface area contributed by atoms with E-state index in [1.54, 1.807) is 6.07 Å². The summed E-state index contributed by atoms with van der Waals surface area (Å²) in [7, 11) is -3.85. The molecule has 2 aromatic rings. The molecule has 4 N–H and O–H groups in total. The second-order valence-corrected chi connectivity index (χ2v) is 5.47. The largest absolute Gasteiger partial charge is 0.477 e. The normalized spacial score (nSPS) is 11.4. The smallest absolute Gasteiger partial charge is 0.352 e. The Morgan fingerprint density at radius 3 is 2.74 bits per heavy atom. The Kier molecular flexibility index (Phi) is 3.30. The van der Waals surface area contributed by atoms with Crippen LogP contribution in [0.25, 0.3) is 0 Å². The van der Waals surface area contributed by atoms with Gasteiger partial charge in [0.2, 0.25) is 0 Å². The lowest BCUT2D eigenvalue weighted by Gasteiger charge is -2.01. The Morgan fingerprint density at radius 1 is 1.47 bits per heavy atom. The monoisotopic (exact) mass is 284 g/mol. The Morgan fingerprint density at radius 2 is 2.21 bits per heavy atom. The van der Waals surface area contributed by atoms with Gasteiger partial charge < -0.3 is 10.1 Å². The molecule has 0 amide bonds. The molecule has 0 unspecified atom stereocenters. The molecule has 19 heavy (non-hydrogen) atoms. The van der Waals surface area contributed by atoms with Gasteiger partial charge in [-0.15, -0.1) is 0 Å². The van der Waals surface area contributed by atoms with E-state index in [2.05, 4.69) is 19.9 Å². The van der Waals surface area contributed by atoms with Gasteiger partial charge in [0.1, 0.15) is 10.6 Å². The number of aryl methyl sites for hydroxylation is 1. The maximum atomic E-state index is 12.0. The number of carboxylic acid groups (broad SMARTS) is 1. The first-order valence-corrected chi connectivity index (χ1v) is 6.89. The van der Waals surface area contributed by atoms with Crippen molar-refractivity contribution in [2.45, 2.75) is 18.2 Å². The summed E-state index contributed by atoms with van der Waals surface area (Å²) in [5.41, 5.74) is 0.592. The van der Waals surface area contributed by atoms with Crippen molar-refractivity contribution in [3.63, 3.8) is 0 Å². The molecule has 0 saturated heterocycles. The number of hydrogen-bond acceptors (Lipinski definition) is 4. The van der Waals surface area contributed by atoms with E-state index in [0.717, 1.165) is 18.0 Å². The molecule has 0 radical (unpaired) electrons. The third-order valence-electron chi connectivity index (χ3n) is 2.45. The highest BCUT2D eigenvalue weighted by atomic mass is 32.2. The molecule has 0 spiro atoms. The standard InChI is InChI=1S/C10H12N4O4S/c1-2-6-3-9(13-12-6)14-19(17,18)7-4-8(10(15)16)11-5-7/h3-5,11H,2H2,1H3,(H,15,16)(H2,12,13,14). The minimum Gasteiger partial charge on any atom is -0.477 e. The van der Waals surface area contributed by atoms with Crippen LogP contribution >= 0.6 is 0 Å². The maximum absolute atomic E-state index is 12.0. The summed E-state index contributed by atoms with van der Waals surface area (Å²) in [5, 5.41) is 15.2. The highest BCUT2D eigenvalue weighted by Gasteiger charge is 2.19. The van der Waals surface area contributed by atoms with E-state index in [1.807, 2.05) is 6.92 Å². The molecule has 2 rings (SSSR count). The molecular formula is C10H12N4O4S. The topological polar surface area (TPSA) is 128 Å². The molecular weight excluding hydrogens is 272 g/mol. The molecule has 0 aromatic carbocycles. The van der Waals surface area contributed by atoms with Crippen LogP contribution in [0.5, 0.6) is 0 Å². The molecule has 0 saturated carbocycles. The van der Waals surface area contributed by atoms with Gasteiger partial charge in [-0.05, 0) is 12.5 Å². The number of aromatic amines is 2. The Balaban J connectivity index is 2.24. The first-order chi connectivity index (χ1) is 8.92. The molecule has 2 heterocycles. The van der Waals surface area contributed by atoms with Gasteiger partial charge in [-0.2, -0.15) is 5.10 Å². The van der Waals surface area contributed by atoms with Gasteiger partial charge in [-0.3, -0.25) is 9.82 Å². The lowest BCUT2D eigenvalue weighted by molar-refractivity contribution is 0.0691. The minimum absolute atomic E-state index is 0.161. The zero-order valence-corrected chi connectivity index (χ0v) is 10.8. The summed E-state index contributed by atoms with van der Waals surface area (Å²) in [5.74, 6) is -1.07.